The first-order chi connectivity index (χ1) is 13.4. The lowest BCUT2D eigenvalue weighted by atomic mass is 10.2. The Morgan fingerprint density at radius 1 is 1.18 bits per heavy atom. The molecule has 1 saturated heterocycles. The van der Waals surface area contributed by atoms with Gasteiger partial charge in [-0.15, -0.1) is 0 Å². The molecule has 1 aliphatic heterocycles. The van der Waals surface area contributed by atoms with Gasteiger partial charge in [0.25, 0.3) is 5.91 Å². The van der Waals surface area contributed by atoms with Crippen LogP contribution < -0.4 is 10.1 Å². The number of benzene rings is 1. The van der Waals surface area contributed by atoms with Crippen LogP contribution in [0.4, 0.5) is 5.69 Å². The van der Waals surface area contributed by atoms with Crippen molar-refractivity contribution in [3.05, 3.63) is 30.4 Å². The lowest BCUT2D eigenvalue weighted by Gasteiger charge is -2.21. The molecule has 9 heteroatoms. The molecule has 1 amide bonds. The predicted molar refractivity (Wildman–Crippen MR) is 105 cm³/mol. The third-order valence-electron chi connectivity index (χ3n) is 4.30. The van der Waals surface area contributed by atoms with Crippen molar-refractivity contribution in [3.8, 4) is 5.75 Å². The second-order valence-electron chi connectivity index (χ2n) is 6.34. The van der Waals surface area contributed by atoms with E-state index < -0.39 is 28.5 Å². The molecule has 0 aromatic heterocycles. The minimum Gasteiger partial charge on any atom is -0.495 e. The van der Waals surface area contributed by atoms with Crippen molar-refractivity contribution >= 4 is 27.6 Å². The van der Waals surface area contributed by atoms with Gasteiger partial charge in [-0.25, -0.2) is 13.2 Å². The average Bonchev–Trinajstić information content (AvgIpc) is 2.96. The summed E-state index contributed by atoms with van der Waals surface area (Å²) in [6.45, 7) is 2.13. The number of amides is 1. The van der Waals surface area contributed by atoms with Crippen LogP contribution in [0, 0.1) is 0 Å². The zero-order chi connectivity index (χ0) is 20.6. The summed E-state index contributed by atoms with van der Waals surface area (Å²) in [6, 6.07) is 4.32. The van der Waals surface area contributed by atoms with Crippen LogP contribution >= 0.6 is 0 Å². The van der Waals surface area contributed by atoms with Crippen molar-refractivity contribution in [2.75, 3.05) is 32.1 Å². The highest BCUT2D eigenvalue weighted by Crippen LogP contribution is 2.29. The first-order valence-electron chi connectivity index (χ1n) is 9.16. The first kappa shape index (κ1) is 21.9. The van der Waals surface area contributed by atoms with E-state index in [0.717, 1.165) is 25.7 Å². The van der Waals surface area contributed by atoms with Gasteiger partial charge in [0.05, 0.1) is 17.7 Å². The van der Waals surface area contributed by atoms with E-state index in [1.165, 1.54) is 41.8 Å². The molecule has 1 N–H and O–H groups in total. The SMILES string of the molecule is C/C=C/C(=O)OCC(=O)Nc1cc(S(=O)(=O)N2CCCCCC2)ccc1OC. The maximum absolute atomic E-state index is 13.0. The monoisotopic (exact) mass is 410 g/mol. The molecule has 0 bridgehead atoms. The molecule has 1 fully saturated rings. The number of allylic oxidation sites excluding steroid dienone is 1. The Morgan fingerprint density at radius 3 is 2.46 bits per heavy atom. The molecule has 1 aliphatic rings. The number of anilines is 1. The highest BCUT2D eigenvalue weighted by molar-refractivity contribution is 7.89. The molecule has 0 aliphatic carbocycles. The molecule has 1 aromatic rings. The molecule has 0 atom stereocenters. The fourth-order valence-electron chi connectivity index (χ4n) is 2.88. The predicted octanol–water partition coefficient (Wildman–Crippen LogP) is 2.32. The van der Waals surface area contributed by atoms with E-state index in [1.807, 2.05) is 0 Å². The Bertz CT molecular complexity index is 827. The first-order valence-corrected chi connectivity index (χ1v) is 10.6. The molecule has 0 saturated carbocycles. The molecule has 0 spiro atoms. The summed E-state index contributed by atoms with van der Waals surface area (Å²) in [6.07, 6.45) is 6.39. The maximum atomic E-state index is 13.0. The number of carbonyl (C=O) groups excluding carboxylic acids is 2. The van der Waals surface area contributed by atoms with Crippen molar-refractivity contribution in [2.24, 2.45) is 0 Å². The molecule has 28 heavy (non-hydrogen) atoms. The van der Waals surface area contributed by atoms with Gasteiger partial charge >= 0.3 is 5.97 Å². The number of hydrogen-bond acceptors (Lipinski definition) is 6. The highest BCUT2D eigenvalue weighted by Gasteiger charge is 2.26. The Kier molecular flexibility index (Phi) is 8.01. The van der Waals surface area contributed by atoms with Crippen LogP contribution in [-0.2, 0) is 24.3 Å². The highest BCUT2D eigenvalue weighted by atomic mass is 32.2. The van der Waals surface area contributed by atoms with Gasteiger partial charge < -0.3 is 14.8 Å². The van der Waals surface area contributed by atoms with E-state index in [4.69, 9.17) is 9.47 Å². The largest absolute Gasteiger partial charge is 0.495 e. The normalized spacial score (nSPS) is 15.8. The summed E-state index contributed by atoms with van der Waals surface area (Å²) in [5, 5.41) is 2.54. The van der Waals surface area contributed by atoms with Crippen molar-refractivity contribution in [1.82, 2.24) is 4.31 Å². The number of methoxy groups -OCH3 is 1. The van der Waals surface area contributed by atoms with E-state index in [0.29, 0.717) is 18.8 Å². The van der Waals surface area contributed by atoms with E-state index in [1.54, 1.807) is 6.92 Å². The van der Waals surface area contributed by atoms with Crippen LogP contribution in [-0.4, -0.2) is 51.4 Å². The van der Waals surface area contributed by atoms with Crippen molar-refractivity contribution in [1.29, 1.82) is 0 Å². The van der Waals surface area contributed by atoms with Crippen LogP contribution in [0.5, 0.6) is 5.75 Å². The van der Waals surface area contributed by atoms with Gasteiger partial charge in [-0.2, -0.15) is 4.31 Å². The Balaban J connectivity index is 2.18. The second kappa shape index (κ2) is 10.2. The number of esters is 1. The molecule has 1 aromatic carbocycles. The number of nitrogens with one attached hydrogen (secondary N) is 1. The van der Waals surface area contributed by atoms with Gasteiger partial charge in [0.1, 0.15) is 5.75 Å². The fraction of sp³-hybridized carbons (Fsp3) is 0.474. The average molecular weight is 410 g/mol. The lowest BCUT2D eigenvalue weighted by molar-refractivity contribution is -0.142. The summed E-state index contributed by atoms with van der Waals surface area (Å²) in [5.41, 5.74) is 0.200. The number of sulfonamides is 1. The molecule has 154 valence electrons. The van der Waals surface area contributed by atoms with Gasteiger partial charge in [0, 0.05) is 19.2 Å². The topological polar surface area (TPSA) is 102 Å². The van der Waals surface area contributed by atoms with Crippen LogP contribution in [0.25, 0.3) is 0 Å². The summed E-state index contributed by atoms with van der Waals surface area (Å²) in [5.74, 6) is -0.925. The van der Waals surface area contributed by atoms with Gasteiger partial charge in [0.2, 0.25) is 10.0 Å². The van der Waals surface area contributed by atoms with E-state index in [9.17, 15) is 18.0 Å². The Morgan fingerprint density at radius 2 is 1.86 bits per heavy atom. The van der Waals surface area contributed by atoms with E-state index >= 15 is 0 Å². The zero-order valence-electron chi connectivity index (χ0n) is 16.1. The third kappa shape index (κ3) is 5.80. The third-order valence-corrected chi connectivity index (χ3v) is 6.19. The molecule has 8 nitrogen and oxygen atoms in total. The molecular formula is C19H26N2O6S. The summed E-state index contributed by atoms with van der Waals surface area (Å²) in [4.78, 5) is 23.5. The van der Waals surface area contributed by atoms with Gasteiger partial charge in [0.15, 0.2) is 6.61 Å². The van der Waals surface area contributed by atoms with Crippen LogP contribution in [0.1, 0.15) is 32.6 Å². The lowest BCUT2D eigenvalue weighted by Crippen LogP contribution is -2.32. The molecule has 1 heterocycles. The number of ether oxygens (including phenoxy) is 2. The van der Waals surface area contributed by atoms with Crippen molar-refractivity contribution in [2.45, 2.75) is 37.5 Å². The fourth-order valence-corrected chi connectivity index (χ4v) is 4.43. The number of rotatable bonds is 7. The molecule has 0 unspecified atom stereocenters. The second-order valence-corrected chi connectivity index (χ2v) is 8.27. The van der Waals surface area contributed by atoms with Gasteiger partial charge in [-0.1, -0.05) is 18.9 Å². The molecule has 0 radical (unpaired) electrons. The summed E-state index contributed by atoms with van der Waals surface area (Å²) in [7, 11) is -2.25. The van der Waals surface area contributed by atoms with Crippen LogP contribution in [0.15, 0.2) is 35.2 Å². The zero-order valence-corrected chi connectivity index (χ0v) is 17.0. The molecule has 2 rings (SSSR count). The van der Waals surface area contributed by atoms with Crippen LogP contribution in [0.3, 0.4) is 0 Å². The number of carbonyl (C=O) groups is 2. The van der Waals surface area contributed by atoms with Gasteiger partial charge in [-0.05, 0) is 38.0 Å². The van der Waals surface area contributed by atoms with Crippen molar-refractivity contribution < 1.29 is 27.5 Å². The van der Waals surface area contributed by atoms with E-state index in [-0.39, 0.29) is 10.6 Å². The maximum Gasteiger partial charge on any atom is 0.330 e. The Hall–Kier alpha value is -2.39. The van der Waals surface area contributed by atoms with Gasteiger partial charge in [-0.3, -0.25) is 4.79 Å². The summed E-state index contributed by atoms with van der Waals surface area (Å²) < 4.78 is 37.4. The standard InChI is InChI=1S/C19H26N2O6S/c1-3-8-19(23)27-14-18(22)20-16-13-15(9-10-17(16)26-2)28(24,25)21-11-6-4-5-7-12-21/h3,8-10,13H,4-7,11-12,14H2,1-2H3,(H,20,22)/b8-3+. The quantitative estimate of drug-likeness (QED) is 0.547. The summed E-state index contributed by atoms with van der Waals surface area (Å²) >= 11 is 0. The van der Waals surface area contributed by atoms with Crippen LogP contribution in [0.2, 0.25) is 0 Å². The molecular weight excluding hydrogens is 384 g/mol. The minimum absolute atomic E-state index is 0.0800. The Labute approximate surface area is 165 Å². The van der Waals surface area contributed by atoms with Crippen molar-refractivity contribution in [3.63, 3.8) is 0 Å². The smallest absolute Gasteiger partial charge is 0.330 e. The number of nitrogens with zero attached hydrogens (tertiary/aromatic N) is 1. The van der Waals surface area contributed by atoms with E-state index in [2.05, 4.69) is 5.32 Å². The minimum atomic E-state index is -3.67. The number of hydrogen-bond donors (Lipinski definition) is 1.